The molecule has 2 fully saturated rings. The summed E-state index contributed by atoms with van der Waals surface area (Å²) in [6.45, 7) is 2.18. The third-order valence-corrected chi connectivity index (χ3v) is 3.42. The Bertz CT molecular complexity index is 245. The first-order valence-corrected chi connectivity index (χ1v) is 5.34. The van der Waals surface area contributed by atoms with Gasteiger partial charge in [-0.05, 0) is 25.9 Å². The first-order valence-electron chi connectivity index (χ1n) is 5.34. The van der Waals surface area contributed by atoms with Crippen molar-refractivity contribution in [1.82, 2.24) is 5.32 Å². The summed E-state index contributed by atoms with van der Waals surface area (Å²) in [5.74, 6) is 0.786. The molecule has 0 bridgehead atoms. The van der Waals surface area contributed by atoms with Crippen LogP contribution < -0.4 is 5.32 Å². The molecule has 0 amide bonds. The molecule has 1 saturated heterocycles. The van der Waals surface area contributed by atoms with Gasteiger partial charge in [-0.1, -0.05) is 5.16 Å². The van der Waals surface area contributed by atoms with Crippen LogP contribution in [0.3, 0.4) is 0 Å². The van der Waals surface area contributed by atoms with Crippen LogP contribution in [0.5, 0.6) is 0 Å². The van der Waals surface area contributed by atoms with E-state index in [2.05, 4.69) is 10.5 Å². The SMILES string of the molecule is C1CC2(CCN1)CC(C1CC1)=NO2.Cl. The van der Waals surface area contributed by atoms with Crippen LogP contribution in [-0.4, -0.2) is 24.4 Å². The van der Waals surface area contributed by atoms with E-state index >= 15 is 0 Å². The van der Waals surface area contributed by atoms with Crippen LogP contribution in [0.4, 0.5) is 0 Å². The molecule has 80 valence electrons. The first kappa shape index (κ1) is 10.2. The summed E-state index contributed by atoms with van der Waals surface area (Å²) in [4.78, 5) is 5.64. The van der Waals surface area contributed by atoms with E-state index in [0.717, 1.165) is 38.3 Å². The molecule has 3 rings (SSSR count). The van der Waals surface area contributed by atoms with Crippen molar-refractivity contribution in [3.8, 4) is 0 Å². The van der Waals surface area contributed by atoms with Crippen molar-refractivity contribution in [3.63, 3.8) is 0 Å². The van der Waals surface area contributed by atoms with Gasteiger partial charge in [0.1, 0.15) is 5.60 Å². The fraction of sp³-hybridized carbons (Fsp3) is 0.900. The zero-order valence-corrected chi connectivity index (χ0v) is 9.11. The monoisotopic (exact) mass is 216 g/mol. The second-order valence-electron chi connectivity index (χ2n) is 4.56. The Morgan fingerprint density at radius 1 is 1.29 bits per heavy atom. The fourth-order valence-electron chi connectivity index (χ4n) is 2.34. The molecule has 0 radical (unpaired) electrons. The van der Waals surface area contributed by atoms with Crippen molar-refractivity contribution < 1.29 is 4.84 Å². The fourth-order valence-corrected chi connectivity index (χ4v) is 2.34. The Morgan fingerprint density at radius 3 is 2.64 bits per heavy atom. The number of hydrogen-bond donors (Lipinski definition) is 1. The van der Waals surface area contributed by atoms with Crippen molar-refractivity contribution in [2.24, 2.45) is 11.1 Å². The van der Waals surface area contributed by atoms with E-state index in [1.54, 1.807) is 0 Å². The summed E-state index contributed by atoms with van der Waals surface area (Å²) >= 11 is 0. The van der Waals surface area contributed by atoms with Gasteiger partial charge in [0.05, 0.1) is 5.71 Å². The van der Waals surface area contributed by atoms with Gasteiger partial charge in [0.15, 0.2) is 0 Å². The van der Waals surface area contributed by atoms with E-state index in [9.17, 15) is 0 Å². The van der Waals surface area contributed by atoms with Crippen LogP contribution in [0, 0.1) is 5.92 Å². The maximum atomic E-state index is 5.64. The molecule has 1 N–H and O–H groups in total. The average molecular weight is 217 g/mol. The predicted octanol–water partition coefficient (Wildman–Crippen LogP) is 1.72. The molecular weight excluding hydrogens is 200 g/mol. The number of piperidine rings is 1. The van der Waals surface area contributed by atoms with Crippen LogP contribution in [0.15, 0.2) is 5.16 Å². The van der Waals surface area contributed by atoms with Gasteiger partial charge in [0.2, 0.25) is 0 Å². The van der Waals surface area contributed by atoms with E-state index in [4.69, 9.17) is 4.84 Å². The van der Waals surface area contributed by atoms with E-state index < -0.39 is 0 Å². The first-order chi connectivity index (χ1) is 6.38. The molecule has 3 aliphatic rings. The lowest BCUT2D eigenvalue weighted by Crippen LogP contribution is -2.42. The van der Waals surface area contributed by atoms with Crippen molar-refractivity contribution in [1.29, 1.82) is 0 Å². The van der Waals surface area contributed by atoms with Gasteiger partial charge >= 0.3 is 0 Å². The van der Waals surface area contributed by atoms with Gasteiger partial charge in [0.25, 0.3) is 0 Å². The highest BCUT2D eigenvalue weighted by Gasteiger charge is 2.44. The van der Waals surface area contributed by atoms with Crippen LogP contribution in [-0.2, 0) is 4.84 Å². The molecular formula is C10H17ClN2O. The number of rotatable bonds is 1. The number of oxime groups is 1. The molecule has 3 nitrogen and oxygen atoms in total. The summed E-state index contributed by atoms with van der Waals surface area (Å²) in [5, 5.41) is 7.63. The van der Waals surface area contributed by atoms with Gasteiger partial charge < -0.3 is 10.2 Å². The molecule has 0 aromatic carbocycles. The van der Waals surface area contributed by atoms with Crippen molar-refractivity contribution >= 4 is 18.1 Å². The zero-order chi connectivity index (χ0) is 8.73. The lowest BCUT2D eigenvalue weighted by molar-refractivity contribution is -0.0400. The molecule has 0 aromatic heterocycles. The largest absolute Gasteiger partial charge is 0.389 e. The van der Waals surface area contributed by atoms with Gasteiger partial charge in [-0.3, -0.25) is 0 Å². The molecule has 0 aromatic rings. The van der Waals surface area contributed by atoms with Crippen LogP contribution >= 0.6 is 12.4 Å². The van der Waals surface area contributed by atoms with E-state index in [0.29, 0.717) is 0 Å². The molecule has 0 unspecified atom stereocenters. The third-order valence-electron chi connectivity index (χ3n) is 3.42. The molecule has 1 aliphatic carbocycles. The van der Waals surface area contributed by atoms with E-state index in [1.165, 1.54) is 18.6 Å². The predicted molar refractivity (Wildman–Crippen MR) is 57.9 cm³/mol. The molecule has 0 atom stereocenters. The minimum Gasteiger partial charge on any atom is -0.389 e. The average Bonchev–Trinajstić information content (AvgIpc) is 2.93. The van der Waals surface area contributed by atoms with Crippen molar-refractivity contribution in [3.05, 3.63) is 0 Å². The summed E-state index contributed by atoms with van der Waals surface area (Å²) in [7, 11) is 0. The maximum Gasteiger partial charge on any atom is 0.145 e. The number of halogens is 1. The van der Waals surface area contributed by atoms with Crippen molar-refractivity contribution in [2.75, 3.05) is 13.1 Å². The van der Waals surface area contributed by atoms with Gasteiger partial charge in [-0.25, -0.2) is 0 Å². The maximum absolute atomic E-state index is 5.64. The van der Waals surface area contributed by atoms with Gasteiger partial charge in [0, 0.05) is 25.2 Å². The zero-order valence-electron chi connectivity index (χ0n) is 8.29. The smallest absolute Gasteiger partial charge is 0.145 e. The lowest BCUT2D eigenvalue weighted by Gasteiger charge is -2.30. The van der Waals surface area contributed by atoms with Crippen LogP contribution in [0.1, 0.15) is 32.1 Å². The standard InChI is InChI=1S/C10H16N2O.ClH/c1-2-8(1)9-7-10(13-12-9)3-5-11-6-4-10;/h8,11H,1-7H2;1H. The highest BCUT2D eigenvalue weighted by molar-refractivity contribution is 5.90. The second-order valence-corrected chi connectivity index (χ2v) is 4.56. The number of hydrogen-bond acceptors (Lipinski definition) is 3. The Morgan fingerprint density at radius 2 is 2.00 bits per heavy atom. The van der Waals surface area contributed by atoms with Crippen molar-refractivity contribution in [2.45, 2.75) is 37.7 Å². The number of nitrogens with one attached hydrogen (secondary N) is 1. The minimum absolute atomic E-state index is 0. The Labute approximate surface area is 90.7 Å². The quantitative estimate of drug-likeness (QED) is 0.724. The molecule has 1 saturated carbocycles. The normalized spacial score (nSPS) is 29.3. The van der Waals surface area contributed by atoms with Crippen LogP contribution in [0.2, 0.25) is 0 Å². The molecule has 1 spiro atoms. The molecule has 14 heavy (non-hydrogen) atoms. The minimum atomic E-state index is 0. The second kappa shape index (κ2) is 3.70. The van der Waals surface area contributed by atoms with E-state index in [1.807, 2.05) is 0 Å². The highest BCUT2D eigenvalue weighted by atomic mass is 35.5. The van der Waals surface area contributed by atoms with Crippen LogP contribution in [0.25, 0.3) is 0 Å². The topological polar surface area (TPSA) is 33.6 Å². The molecule has 4 heteroatoms. The molecule has 2 aliphatic heterocycles. The summed E-state index contributed by atoms with van der Waals surface area (Å²) < 4.78 is 0. The Hall–Kier alpha value is -0.280. The summed E-state index contributed by atoms with van der Waals surface area (Å²) in [6.07, 6.45) is 6.06. The lowest BCUT2D eigenvalue weighted by atomic mass is 9.87. The Kier molecular flexibility index (Phi) is 2.71. The number of nitrogens with zero attached hydrogens (tertiary/aromatic N) is 1. The van der Waals surface area contributed by atoms with E-state index in [-0.39, 0.29) is 18.0 Å². The van der Waals surface area contributed by atoms with Gasteiger partial charge in [-0.15, -0.1) is 12.4 Å². The molecule has 2 heterocycles. The van der Waals surface area contributed by atoms with Gasteiger partial charge in [-0.2, -0.15) is 0 Å². The Balaban J connectivity index is 0.000000750. The highest BCUT2D eigenvalue weighted by Crippen LogP contribution is 2.40. The third kappa shape index (κ3) is 1.75. The summed E-state index contributed by atoms with van der Waals surface area (Å²) in [6, 6.07) is 0. The summed E-state index contributed by atoms with van der Waals surface area (Å²) in [5.41, 5.74) is 1.45.